The van der Waals surface area contributed by atoms with Gasteiger partial charge in [0.2, 0.25) is 5.91 Å². The van der Waals surface area contributed by atoms with Crippen LogP contribution in [0.25, 0.3) is 16.6 Å². The summed E-state index contributed by atoms with van der Waals surface area (Å²) in [5, 5.41) is 0.675. The second-order valence-electron chi connectivity index (χ2n) is 7.19. The monoisotopic (exact) mass is 447 g/mol. The third-order valence-corrected chi connectivity index (χ3v) is 6.04. The first-order valence-corrected chi connectivity index (χ1v) is 11.3. The number of hydrogen-bond acceptors (Lipinski definition) is 4. The van der Waals surface area contributed by atoms with Crippen molar-refractivity contribution in [1.82, 2.24) is 14.5 Å². The van der Waals surface area contributed by atoms with Crippen molar-refractivity contribution in [2.75, 3.05) is 12.3 Å². The van der Waals surface area contributed by atoms with Gasteiger partial charge < -0.3 is 4.90 Å². The average Bonchev–Trinajstić information content (AvgIpc) is 2.82. The van der Waals surface area contributed by atoms with Crippen LogP contribution in [0.3, 0.4) is 0 Å². The van der Waals surface area contributed by atoms with Crippen LogP contribution in [-0.4, -0.2) is 32.7 Å². The van der Waals surface area contributed by atoms with Gasteiger partial charge in [0.05, 0.1) is 22.3 Å². The lowest BCUT2D eigenvalue weighted by Gasteiger charge is -2.21. The summed E-state index contributed by atoms with van der Waals surface area (Å²) in [5.74, 6) is -0.525. The van der Waals surface area contributed by atoms with E-state index in [9.17, 15) is 14.0 Å². The summed E-state index contributed by atoms with van der Waals surface area (Å²) >= 11 is 1.14. The largest absolute Gasteiger partial charge is 0.338 e. The van der Waals surface area contributed by atoms with Gasteiger partial charge in [0.1, 0.15) is 5.82 Å². The third-order valence-electron chi connectivity index (χ3n) is 5.11. The lowest BCUT2D eigenvalue weighted by molar-refractivity contribution is -0.128. The fourth-order valence-corrected chi connectivity index (χ4v) is 4.36. The molecule has 1 heterocycles. The second kappa shape index (κ2) is 9.78. The van der Waals surface area contributed by atoms with Crippen LogP contribution in [0, 0.1) is 5.82 Å². The minimum absolute atomic E-state index is 0.0798. The molecular weight excluding hydrogens is 425 g/mol. The molecule has 32 heavy (non-hydrogen) atoms. The van der Waals surface area contributed by atoms with Crippen molar-refractivity contribution in [3.8, 4) is 5.69 Å². The molecule has 0 fully saturated rings. The Balaban J connectivity index is 1.66. The van der Waals surface area contributed by atoms with E-state index in [4.69, 9.17) is 0 Å². The second-order valence-corrected chi connectivity index (χ2v) is 8.13. The molecule has 0 unspecified atom stereocenters. The summed E-state index contributed by atoms with van der Waals surface area (Å²) in [6.45, 7) is 2.98. The number of fused-ring (bicyclic) bond motifs is 1. The predicted molar refractivity (Wildman–Crippen MR) is 126 cm³/mol. The van der Waals surface area contributed by atoms with E-state index in [2.05, 4.69) is 4.98 Å². The highest BCUT2D eigenvalue weighted by atomic mass is 32.2. The van der Waals surface area contributed by atoms with Gasteiger partial charge >= 0.3 is 0 Å². The highest BCUT2D eigenvalue weighted by Crippen LogP contribution is 2.23. The molecule has 0 atom stereocenters. The van der Waals surface area contributed by atoms with Gasteiger partial charge in [0, 0.05) is 13.1 Å². The number of carbonyl (C=O) groups excluding carboxylic acids is 1. The molecule has 7 heteroatoms. The van der Waals surface area contributed by atoms with Crippen molar-refractivity contribution >= 4 is 28.6 Å². The van der Waals surface area contributed by atoms with E-state index >= 15 is 0 Å². The number of carbonyl (C=O) groups is 1. The van der Waals surface area contributed by atoms with Gasteiger partial charge in [-0.1, -0.05) is 66.4 Å². The molecule has 0 bridgehead atoms. The molecule has 0 aliphatic rings. The number of hydrogen-bond donors (Lipinski definition) is 0. The Morgan fingerprint density at radius 2 is 1.69 bits per heavy atom. The molecule has 4 aromatic rings. The zero-order valence-electron chi connectivity index (χ0n) is 17.6. The van der Waals surface area contributed by atoms with Crippen LogP contribution in [0.4, 0.5) is 4.39 Å². The quantitative estimate of drug-likeness (QED) is 0.305. The zero-order chi connectivity index (χ0) is 22.5. The lowest BCUT2D eigenvalue weighted by Crippen LogP contribution is -2.32. The summed E-state index contributed by atoms with van der Waals surface area (Å²) in [4.78, 5) is 32.5. The normalized spacial score (nSPS) is 10.9. The molecule has 3 aromatic carbocycles. The smallest absolute Gasteiger partial charge is 0.266 e. The first kappa shape index (κ1) is 21.8. The van der Waals surface area contributed by atoms with Crippen LogP contribution < -0.4 is 5.56 Å². The van der Waals surface area contributed by atoms with E-state index in [1.54, 1.807) is 41.3 Å². The Bertz CT molecular complexity index is 1310. The molecule has 162 valence electrons. The topological polar surface area (TPSA) is 55.2 Å². The van der Waals surface area contributed by atoms with Crippen LogP contribution in [0.2, 0.25) is 0 Å². The molecule has 4 rings (SSSR count). The van der Waals surface area contributed by atoms with E-state index in [1.807, 2.05) is 37.3 Å². The molecule has 0 spiro atoms. The van der Waals surface area contributed by atoms with Crippen LogP contribution in [0.15, 0.2) is 88.8 Å². The minimum atomic E-state index is -0.529. The molecule has 0 saturated carbocycles. The number of thioether (sulfide) groups is 1. The van der Waals surface area contributed by atoms with E-state index in [1.165, 1.54) is 16.7 Å². The van der Waals surface area contributed by atoms with E-state index in [0.29, 0.717) is 24.0 Å². The van der Waals surface area contributed by atoms with Crippen molar-refractivity contribution in [3.05, 3.63) is 101 Å². The minimum Gasteiger partial charge on any atom is -0.338 e. The molecule has 0 radical (unpaired) electrons. The number of halogens is 1. The Morgan fingerprint density at radius 1 is 1.00 bits per heavy atom. The van der Waals surface area contributed by atoms with E-state index < -0.39 is 5.82 Å². The Hall–Kier alpha value is -3.45. The summed E-state index contributed by atoms with van der Waals surface area (Å²) in [5.41, 5.74) is 1.30. The molecule has 0 aliphatic heterocycles. The number of benzene rings is 3. The summed E-state index contributed by atoms with van der Waals surface area (Å²) in [6, 6.07) is 22.8. The summed E-state index contributed by atoms with van der Waals surface area (Å²) in [7, 11) is 0. The van der Waals surface area contributed by atoms with Crippen LogP contribution in [0.5, 0.6) is 0 Å². The molecule has 5 nitrogen and oxygen atoms in total. The standard InChI is InChI=1S/C25H22FN3O2S/c1-2-28(16-18-10-4-3-5-11-18)23(30)17-32-25-27-21-14-8-6-12-19(21)24(31)29(25)22-15-9-7-13-20(22)26/h3-15H,2,16-17H2,1H3. The van der Waals surface area contributed by atoms with Gasteiger partial charge in [-0.25, -0.2) is 9.37 Å². The number of aromatic nitrogens is 2. The van der Waals surface area contributed by atoms with Gasteiger partial charge in [-0.2, -0.15) is 0 Å². The van der Waals surface area contributed by atoms with Crippen LogP contribution >= 0.6 is 11.8 Å². The first-order chi connectivity index (χ1) is 15.6. The van der Waals surface area contributed by atoms with Gasteiger partial charge in [-0.05, 0) is 36.8 Å². The van der Waals surface area contributed by atoms with E-state index in [-0.39, 0.29) is 28.1 Å². The lowest BCUT2D eigenvalue weighted by atomic mass is 10.2. The van der Waals surface area contributed by atoms with Crippen molar-refractivity contribution in [2.24, 2.45) is 0 Å². The first-order valence-electron chi connectivity index (χ1n) is 10.3. The van der Waals surface area contributed by atoms with Crippen molar-refractivity contribution in [1.29, 1.82) is 0 Å². The Morgan fingerprint density at radius 3 is 2.44 bits per heavy atom. The van der Waals surface area contributed by atoms with Crippen molar-refractivity contribution < 1.29 is 9.18 Å². The van der Waals surface area contributed by atoms with Gasteiger partial charge in [-0.3, -0.25) is 14.2 Å². The van der Waals surface area contributed by atoms with Crippen molar-refractivity contribution in [2.45, 2.75) is 18.6 Å². The molecule has 0 saturated heterocycles. The zero-order valence-corrected chi connectivity index (χ0v) is 18.4. The maximum Gasteiger partial charge on any atom is 0.266 e. The maximum absolute atomic E-state index is 14.6. The molecule has 1 aromatic heterocycles. The number of para-hydroxylation sites is 2. The van der Waals surface area contributed by atoms with Gasteiger partial charge in [0.15, 0.2) is 5.16 Å². The summed E-state index contributed by atoms with van der Waals surface area (Å²) in [6.07, 6.45) is 0. The van der Waals surface area contributed by atoms with E-state index in [0.717, 1.165) is 17.3 Å². The fraction of sp³-hybridized carbons (Fsp3) is 0.160. The highest BCUT2D eigenvalue weighted by molar-refractivity contribution is 7.99. The number of amides is 1. The Kier molecular flexibility index (Phi) is 6.66. The Labute approximate surface area is 189 Å². The maximum atomic E-state index is 14.6. The molecular formula is C25H22FN3O2S. The number of rotatable bonds is 7. The average molecular weight is 448 g/mol. The molecule has 1 amide bonds. The van der Waals surface area contributed by atoms with Crippen LogP contribution in [-0.2, 0) is 11.3 Å². The third kappa shape index (κ3) is 4.57. The molecule has 0 N–H and O–H groups in total. The fourth-order valence-electron chi connectivity index (χ4n) is 3.45. The predicted octanol–water partition coefficient (Wildman–Crippen LogP) is 4.67. The van der Waals surface area contributed by atoms with Gasteiger partial charge in [0.25, 0.3) is 5.56 Å². The van der Waals surface area contributed by atoms with Crippen molar-refractivity contribution in [3.63, 3.8) is 0 Å². The SMILES string of the molecule is CCN(Cc1ccccc1)C(=O)CSc1nc2ccccc2c(=O)n1-c1ccccc1F. The molecule has 0 aliphatic carbocycles. The van der Waals surface area contributed by atoms with Gasteiger partial charge in [-0.15, -0.1) is 0 Å². The summed E-state index contributed by atoms with van der Waals surface area (Å²) < 4.78 is 15.8. The van der Waals surface area contributed by atoms with Crippen LogP contribution in [0.1, 0.15) is 12.5 Å². The highest BCUT2D eigenvalue weighted by Gasteiger charge is 2.19. The number of nitrogens with zero attached hydrogens (tertiary/aromatic N) is 3.